The fourth-order valence-electron chi connectivity index (χ4n) is 1.94. The Kier molecular flexibility index (Phi) is 2.52. The minimum atomic E-state index is 0.237. The molecule has 0 saturated heterocycles. The van der Waals surface area contributed by atoms with Crippen LogP contribution < -0.4 is 0 Å². The lowest BCUT2D eigenvalue weighted by atomic mass is 9.98. The summed E-state index contributed by atoms with van der Waals surface area (Å²) in [6, 6.07) is 0.272. The fraction of sp³-hybridized carbons (Fsp3) is 0.818. The lowest BCUT2D eigenvalue weighted by Gasteiger charge is -2.32. The summed E-state index contributed by atoms with van der Waals surface area (Å²) in [4.78, 5) is 5.57. The van der Waals surface area contributed by atoms with Crippen molar-refractivity contribution >= 4 is 11.6 Å². The summed E-state index contributed by atoms with van der Waals surface area (Å²) in [5.41, 5.74) is 0.237. The zero-order valence-corrected chi connectivity index (χ0v) is 9.84. The Morgan fingerprint density at radius 2 is 2.36 bits per heavy atom. The molecule has 1 heterocycles. The number of nitrogens with zero attached hydrogens (tertiary/aromatic N) is 1. The van der Waals surface area contributed by atoms with Crippen molar-refractivity contribution in [1.29, 1.82) is 0 Å². The quantitative estimate of drug-likeness (QED) is 0.717. The highest BCUT2D eigenvalue weighted by Crippen LogP contribution is 2.47. The lowest BCUT2D eigenvalue weighted by Crippen LogP contribution is -2.42. The Labute approximate surface area is 90.8 Å². The van der Waals surface area contributed by atoms with E-state index in [9.17, 15) is 0 Å². The molecule has 2 aliphatic rings. The molecule has 14 heavy (non-hydrogen) atoms. The summed E-state index contributed by atoms with van der Waals surface area (Å²) >= 11 is 6.17. The van der Waals surface area contributed by atoms with Gasteiger partial charge in [0.15, 0.2) is 0 Å². The molecule has 1 aliphatic carbocycles. The van der Waals surface area contributed by atoms with Crippen LogP contribution in [0.4, 0.5) is 0 Å². The average molecular weight is 216 g/mol. The molecule has 2 nitrogen and oxygen atoms in total. The Hall–Kier alpha value is -0.210. The highest BCUT2D eigenvalue weighted by molar-refractivity contribution is 6.30. The van der Waals surface area contributed by atoms with Crippen LogP contribution >= 0.6 is 11.6 Å². The van der Waals surface area contributed by atoms with Crippen molar-refractivity contribution in [3.05, 3.63) is 11.3 Å². The minimum absolute atomic E-state index is 0.237. The van der Waals surface area contributed by atoms with Crippen LogP contribution in [-0.4, -0.2) is 16.6 Å². The maximum Gasteiger partial charge on any atom is 0.127 e. The maximum absolute atomic E-state index is 6.17. The van der Waals surface area contributed by atoms with Gasteiger partial charge in [0.25, 0.3) is 0 Å². The molecule has 2 atom stereocenters. The van der Waals surface area contributed by atoms with E-state index in [1.165, 1.54) is 12.8 Å². The lowest BCUT2D eigenvalue weighted by molar-refractivity contribution is -0.153. The molecule has 1 fully saturated rings. The van der Waals surface area contributed by atoms with Gasteiger partial charge in [-0.2, -0.15) is 0 Å². The van der Waals surface area contributed by atoms with Gasteiger partial charge >= 0.3 is 0 Å². The van der Waals surface area contributed by atoms with Crippen LogP contribution in [0.5, 0.6) is 0 Å². The van der Waals surface area contributed by atoms with E-state index in [1.807, 2.05) is 0 Å². The molecule has 0 aromatic heterocycles. The smallest absolute Gasteiger partial charge is 0.127 e. The molecule has 2 unspecified atom stereocenters. The van der Waals surface area contributed by atoms with Gasteiger partial charge < -0.3 is 4.84 Å². The second-order valence-electron chi connectivity index (χ2n) is 4.76. The van der Waals surface area contributed by atoms with Gasteiger partial charge in [-0.3, -0.25) is 0 Å². The minimum Gasteiger partial charge on any atom is -0.411 e. The van der Waals surface area contributed by atoms with Gasteiger partial charge in [-0.25, -0.2) is 0 Å². The van der Waals surface area contributed by atoms with Crippen molar-refractivity contribution in [3.8, 4) is 0 Å². The van der Waals surface area contributed by atoms with Crippen molar-refractivity contribution in [2.45, 2.75) is 51.6 Å². The summed E-state index contributed by atoms with van der Waals surface area (Å²) < 4.78 is 0. The van der Waals surface area contributed by atoms with Gasteiger partial charge in [0.2, 0.25) is 0 Å². The molecule has 0 bridgehead atoms. The zero-order valence-electron chi connectivity index (χ0n) is 9.09. The van der Waals surface area contributed by atoms with E-state index in [2.05, 4.69) is 25.8 Å². The Balaban J connectivity index is 2.13. The van der Waals surface area contributed by atoms with Crippen molar-refractivity contribution in [2.75, 3.05) is 0 Å². The largest absolute Gasteiger partial charge is 0.411 e. The van der Waals surface area contributed by atoms with E-state index in [-0.39, 0.29) is 11.6 Å². The van der Waals surface area contributed by atoms with E-state index >= 15 is 0 Å². The van der Waals surface area contributed by atoms with E-state index in [1.54, 1.807) is 6.26 Å². The molecule has 0 aromatic carbocycles. The molecule has 0 spiro atoms. The van der Waals surface area contributed by atoms with Crippen molar-refractivity contribution < 1.29 is 4.84 Å². The van der Waals surface area contributed by atoms with Gasteiger partial charge in [-0.05, 0) is 25.7 Å². The highest BCUT2D eigenvalue weighted by atomic mass is 35.5. The molecule has 2 rings (SSSR count). The van der Waals surface area contributed by atoms with E-state index in [4.69, 9.17) is 16.4 Å². The van der Waals surface area contributed by atoms with Crippen LogP contribution in [0, 0.1) is 5.92 Å². The first-order chi connectivity index (χ1) is 6.58. The maximum atomic E-state index is 6.17. The van der Waals surface area contributed by atoms with Gasteiger partial charge in [-0.1, -0.05) is 31.9 Å². The molecule has 0 N–H and O–H groups in total. The van der Waals surface area contributed by atoms with E-state index < -0.39 is 0 Å². The predicted octanol–water partition coefficient (Wildman–Crippen LogP) is 3.28. The van der Waals surface area contributed by atoms with Gasteiger partial charge in [0, 0.05) is 0 Å². The first-order valence-electron chi connectivity index (χ1n) is 5.40. The molecular formula is C11H18ClNO. The van der Waals surface area contributed by atoms with Crippen molar-refractivity contribution in [3.63, 3.8) is 0 Å². The van der Waals surface area contributed by atoms with Gasteiger partial charge in [0.1, 0.15) is 6.26 Å². The number of hydroxylamine groups is 2. The molecular weight excluding hydrogens is 198 g/mol. The summed E-state index contributed by atoms with van der Waals surface area (Å²) in [5.74, 6) is 0.554. The molecule has 0 amide bonds. The molecule has 3 heteroatoms. The number of rotatable bonds is 3. The second-order valence-corrected chi connectivity index (χ2v) is 5.20. The van der Waals surface area contributed by atoms with Gasteiger partial charge in [-0.15, -0.1) is 5.06 Å². The van der Waals surface area contributed by atoms with Crippen LogP contribution in [0.1, 0.15) is 40.0 Å². The zero-order chi connectivity index (χ0) is 10.3. The summed E-state index contributed by atoms with van der Waals surface area (Å²) in [5, 5.41) is 2.95. The first kappa shape index (κ1) is 10.3. The van der Waals surface area contributed by atoms with Crippen LogP contribution in [-0.2, 0) is 4.84 Å². The summed E-state index contributed by atoms with van der Waals surface area (Å²) in [7, 11) is 0. The van der Waals surface area contributed by atoms with Crippen molar-refractivity contribution in [2.24, 2.45) is 5.92 Å². The average Bonchev–Trinajstić information content (AvgIpc) is 2.77. The molecule has 1 aliphatic heterocycles. The molecule has 1 saturated carbocycles. The summed E-state index contributed by atoms with van der Waals surface area (Å²) in [6.45, 7) is 6.67. The SMILES string of the molecule is CCC(C)C1C(Cl)=CON1C1(C)CC1. The van der Waals surface area contributed by atoms with Crippen LogP contribution in [0.25, 0.3) is 0 Å². The van der Waals surface area contributed by atoms with Crippen LogP contribution in [0.3, 0.4) is 0 Å². The van der Waals surface area contributed by atoms with E-state index in [0.717, 1.165) is 11.5 Å². The number of hydrogen-bond donors (Lipinski definition) is 0. The van der Waals surface area contributed by atoms with E-state index in [0.29, 0.717) is 5.92 Å². The number of hydrogen-bond acceptors (Lipinski definition) is 2. The normalized spacial score (nSPS) is 32.3. The predicted molar refractivity (Wildman–Crippen MR) is 57.7 cm³/mol. The van der Waals surface area contributed by atoms with Crippen LogP contribution in [0.15, 0.2) is 11.3 Å². The Morgan fingerprint density at radius 1 is 1.71 bits per heavy atom. The first-order valence-corrected chi connectivity index (χ1v) is 5.78. The topological polar surface area (TPSA) is 12.5 Å². The standard InChI is InChI=1S/C11H18ClNO/c1-4-8(2)10-9(12)7-14-13(10)11(3)5-6-11/h7-8,10H,4-6H2,1-3H3. The van der Waals surface area contributed by atoms with Crippen LogP contribution in [0.2, 0.25) is 0 Å². The van der Waals surface area contributed by atoms with Gasteiger partial charge in [0.05, 0.1) is 16.6 Å². The summed E-state index contributed by atoms with van der Waals surface area (Å²) in [6.07, 6.45) is 5.27. The molecule has 0 aromatic rings. The Morgan fingerprint density at radius 3 is 2.86 bits per heavy atom. The molecule has 80 valence electrons. The number of halogens is 1. The Bertz CT molecular complexity index is 260. The third-order valence-electron chi connectivity index (χ3n) is 3.50. The van der Waals surface area contributed by atoms with Crippen molar-refractivity contribution in [1.82, 2.24) is 5.06 Å². The second kappa shape index (κ2) is 3.42. The highest BCUT2D eigenvalue weighted by Gasteiger charge is 2.51. The third kappa shape index (κ3) is 1.55. The molecule has 0 radical (unpaired) electrons. The third-order valence-corrected chi connectivity index (χ3v) is 3.82. The fourth-order valence-corrected chi connectivity index (χ4v) is 2.29. The monoisotopic (exact) mass is 215 g/mol.